The first kappa shape index (κ1) is 15.9. The summed E-state index contributed by atoms with van der Waals surface area (Å²) in [5.41, 5.74) is 1.39. The Kier molecular flexibility index (Phi) is 6.43. The predicted octanol–water partition coefficient (Wildman–Crippen LogP) is 1.93. The lowest BCUT2D eigenvalue weighted by atomic mass is 10.0. The summed E-state index contributed by atoms with van der Waals surface area (Å²) in [5.74, 6) is -1.08. The lowest BCUT2D eigenvalue weighted by Gasteiger charge is -2.04. The second-order valence-corrected chi connectivity index (χ2v) is 4.18. The van der Waals surface area contributed by atoms with Gasteiger partial charge in [-0.25, -0.2) is 0 Å². The van der Waals surface area contributed by atoms with E-state index < -0.39 is 5.97 Å². The number of methoxy groups -OCH3 is 1. The van der Waals surface area contributed by atoms with E-state index in [1.807, 2.05) is 0 Å². The molecule has 0 bridgehead atoms. The molecule has 5 nitrogen and oxygen atoms in total. The molecule has 0 saturated heterocycles. The summed E-state index contributed by atoms with van der Waals surface area (Å²) in [6.07, 6.45) is 0.603. The van der Waals surface area contributed by atoms with Gasteiger partial charge in [-0.15, -0.1) is 0 Å². The lowest BCUT2D eigenvalue weighted by molar-refractivity contribution is -0.143. The maximum atomic E-state index is 11.7. The number of hydrogen-bond donors (Lipinski definition) is 0. The van der Waals surface area contributed by atoms with Gasteiger partial charge >= 0.3 is 11.9 Å². The van der Waals surface area contributed by atoms with Gasteiger partial charge in [0.25, 0.3) is 0 Å². The molecule has 108 valence electrons. The van der Waals surface area contributed by atoms with E-state index in [0.29, 0.717) is 25.0 Å². The summed E-state index contributed by atoms with van der Waals surface area (Å²) in [5, 5.41) is 0. The van der Waals surface area contributed by atoms with Crippen LogP contribution in [0.3, 0.4) is 0 Å². The number of benzene rings is 1. The number of Topliss-reactive ketones (excluding diaryl/α,β-unsaturated/α-hetero) is 1. The third-order valence-corrected chi connectivity index (χ3v) is 2.73. The molecule has 0 aromatic heterocycles. The highest BCUT2D eigenvalue weighted by molar-refractivity contribution is 6.05. The number of esters is 2. The van der Waals surface area contributed by atoms with Gasteiger partial charge in [-0.05, 0) is 18.9 Å². The van der Waals surface area contributed by atoms with Crippen molar-refractivity contribution in [1.29, 1.82) is 0 Å². The van der Waals surface area contributed by atoms with E-state index in [0.717, 1.165) is 5.56 Å². The minimum absolute atomic E-state index is 0.238. The Balaban J connectivity index is 2.53. The molecule has 0 amide bonds. The highest BCUT2D eigenvalue weighted by Gasteiger charge is 2.12. The molecule has 0 aliphatic carbocycles. The first-order valence-electron chi connectivity index (χ1n) is 6.41. The average molecular weight is 278 g/mol. The van der Waals surface area contributed by atoms with Crippen molar-refractivity contribution in [2.24, 2.45) is 0 Å². The van der Waals surface area contributed by atoms with Gasteiger partial charge in [0, 0.05) is 12.0 Å². The number of aryl methyl sites for hydroxylation is 1. The van der Waals surface area contributed by atoms with Crippen LogP contribution in [0.1, 0.15) is 35.7 Å². The Morgan fingerprint density at radius 2 is 1.70 bits per heavy atom. The summed E-state index contributed by atoms with van der Waals surface area (Å²) in [7, 11) is 1.24. The molecule has 0 aliphatic rings. The number of ketones is 1. The Hall–Kier alpha value is -2.17. The molecular weight excluding hydrogens is 260 g/mol. The van der Waals surface area contributed by atoms with Gasteiger partial charge in [-0.3, -0.25) is 14.4 Å². The zero-order valence-electron chi connectivity index (χ0n) is 11.7. The highest BCUT2D eigenvalue weighted by Crippen LogP contribution is 2.09. The molecular formula is C15H18O5. The minimum atomic E-state index is -0.554. The molecule has 20 heavy (non-hydrogen) atoms. The molecule has 0 fully saturated rings. The first-order valence-corrected chi connectivity index (χ1v) is 6.41. The second kappa shape index (κ2) is 8.09. The van der Waals surface area contributed by atoms with E-state index in [9.17, 15) is 14.4 Å². The van der Waals surface area contributed by atoms with Gasteiger partial charge in [0.15, 0.2) is 5.78 Å². The Bertz CT molecular complexity index is 476. The van der Waals surface area contributed by atoms with Crippen LogP contribution in [0.15, 0.2) is 24.3 Å². The van der Waals surface area contributed by atoms with Crippen LogP contribution >= 0.6 is 0 Å². The number of carbonyl (C=O) groups excluding carboxylic acids is 3. The van der Waals surface area contributed by atoms with E-state index in [4.69, 9.17) is 4.74 Å². The molecule has 1 aromatic rings. The fourth-order valence-electron chi connectivity index (χ4n) is 1.64. The largest absolute Gasteiger partial charge is 0.469 e. The van der Waals surface area contributed by atoms with Crippen LogP contribution in [0.25, 0.3) is 0 Å². The summed E-state index contributed by atoms with van der Waals surface area (Å²) >= 11 is 0. The quantitative estimate of drug-likeness (QED) is 0.433. The molecule has 1 rings (SSSR count). The number of ether oxygens (including phenoxy) is 2. The third kappa shape index (κ3) is 5.22. The molecule has 5 heteroatoms. The third-order valence-electron chi connectivity index (χ3n) is 2.73. The maximum Gasteiger partial charge on any atom is 0.313 e. The fraction of sp³-hybridized carbons (Fsp3) is 0.400. The van der Waals surface area contributed by atoms with Crippen LogP contribution in [0.5, 0.6) is 0 Å². The number of hydrogen-bond acceptors (Lipinski definition) is 5. The van der Waals surface area contributed by atoms with Gasteiger partial charge in [0.2, 0.25) is 0 Å². The van der Waals surface area contributed by atoms with Crippen LogP contribution in [0, 0.1) is 0 Å². The van der Waals surface area contributed by atoms with Crippen LogP contribution in [-0.4, -0.2) is 31.4 Å². The lowest BCUT2D eigenvalue weighted by Crippen LogP contribution is -2.09. The molecule has 0 atom stereocenters. The van der Waals surface area contributed by atoms with Gasteiger partial charge in [0.1, 0.15) is 6.42 Å². The van der Waals surface area contributed by atoms with Crippen molar-refractivity contribution >= 4 is 17.7 Å². The van der Waals surface area contributed by atoms with Crippen LogP contribution in [-0.2, 0) is 25.5 Å². The monoisotopic (exact) mass is 278 g/mol. The first-order chi connectivity index (χ1) is 9.56. The molecule has 0 radical (unpaired) electrons. The topological polar surface area (TPSA) is 69.7 Å². The summed E-state index contributed by atoms with van der Waals surface area (Å²) in [4.78, 5) is 33.9. The van der Waals surface area contributed by atoms with Crippen molar-refractivity contribution in [2.75, 3.05) is 13.7 Å². The van der Waals surface area contributed by atoms with E-state index in [2.05, 4.69) is 4.74 Å². The Morgan fingerprint density at radius 3 is 2.25 bits per heavy atom. The summed E-state index contributed by atoms with van der Waals surface area (Å²) in [6.45, 7) is 2.14. The van der Waals surface area contributed by atoms with Crippen LogP contribution in [0.4, 0.5) is 0 Å². The van der Waals surface area contributed by atoms with Crippen molar-refractivity contribution < 1.29 is 23.9 Å². The molecule has 1 aromatic carbocycles. The SMILES string of the molecule is CCOC(=O)CCc1ccc(C(=O)CC(=O)OC)cc1. The minimum Gasteiger partial charge on any atom is -0.469 e. The van der Waals surface area contributed by atoms with Crippen molar-refractivity contribution in [2.45, 2.75) is 26.2 Å². The Labute approximate surface area is 117 Å². The highest BCUT2D eigenvalue weighted by atomic mass is 16.5. The predicted molar refractivity (Wildman–Crippen MR) is 72.4 cm³/mol. The van der Waals surface area contributed by atoms with E-state index in [-0.39, 0.29) is 18.2 Å². The summed E-state index contributed by atoms with van der Waals surface area (Å²) < 4.78 is 9.28. The second-order valence-electron chi connectivity index (χ2n) is 4.18. The van der Waals surface area contributed by atoms with Gasteiger partial charge < -0.3 is 9.47 Å². The Morgan fingerprint density at radius 1 is 1.05 bits per heavy atom. The van der Waals surface area contributed by atoms with Crippen molar-refractivity contribution in [3.8, 4) is 0 Å². The standard InChI is InChI=1S/C15H18O5/c1-3-20-14(17)9-6-11-4-7-12(8-5-11)13(16)10-15(18)19-2/h4-5,7-8H,3,6,9-10H2,1-2H3. The van der Waals surface area contributed by atoms with Crippen LogP contribution < -0.4 is 0 Å². The van der Waals surface area contributed by atoms with Crippen molar-refractivity contribution in [3.63, 3.8) is 0 Å². The van der Waals surface area contributed by atoms with Crippen LogP contribution in [0.2, 0.25) is 0 Å². The van der Waals surface area contributed by atoms with E-state index in [1.165, 1.54) is 7.11 Å². The number of carbonyl (C=O) groups is 3. The van der Waals surface area contributed by atoms with E-state index >= 15 is 0 Å². The smallest absolute Gasteiger partial charge is 0.313 e. The maximum absolute atomic E-state index is 11.7. The normalized spacial score (nSPS) is 9.90. The molecule has 0 saturated carbocycles. The molecule has 0 aliphatic heterocycles. The molecule has 0 heterocycles. The molecule has 0 spiro atoms. The van der Waals surface area contributed by atoms with Gasteiger partial charge in [0.05, 0.1) is 13.7 Å². The molecule has 0 unspecified atom stereocenters. The number of rotatable bonds is 7. The van der Waals surface area contributed by atoms with Gasteiger partial charge in [-0.2, -0.15) is 0 Å². The average Bonchev–Trinajstić information content (AvgIpc) is 2.45. The van der Waals surface area contributed by atoms with E-state index in [1.54, 1.807) is 31.2 Å². The zero-order chi connectivity index (χ0) is 15.0. The zero-order valence-corrected chi connectivity index (χ0v) is 11.7. The molecule has 0 N–H and O–H groups in total. The fourth-order valence-corrected chi connectivity index (χ4v) is 1.64. The van der Waals surface area contributed by atoms with Crippen molar-refractivity contribution in [3.05, 3.63) is 35.4 Å². The van der Waals surface area contributed by atoms with Crippen molar-refractivity contribution in [1.82, 2.24) is 0 Å². The summed E-state index contributed by atoms with van der Waals surface area (Å²) in [6, 6.07) is 6.82. The van der Waals surface area contributed by atoms with Gasteiger partial charge in [-0.1, -0.05) is 24.3 Å².